The lowest BCUT2D eigenvalue weighted by atomic mass is 10.1. The molecule has 0 saturated carbocycles. The number of benzene rings is 1. The maximum absolute atomic E-state index is 12.6. The zero-order valence-electron chi connectivity index (χ0n) is 11.7. The highest BCUT2D eigenvalue weighted by Gasteiger charge is 2.28. The summed E-state index contributed by atoms with van der Waals surface area (Å²) in [6.45, 7) is 1.56. The van der Waals surface area contributed by atoms with Crippen LogP contribution in [0.15, 0.2) is 23.1 Å². The fraction of sp³-hybridized carbons (Fsp3) is 0.538. The van der Waals surface area contributed by atoms with E-state index in [9.17, 15) is 8.42 Å². The minimum Gasteiger partial charge on any atom is -0.495 e. The third kappa shape index (κ3) is 3.23. The molecule has 2 rings (SSSR count). The van der Waals surface area contributed by atoms with Crippen molar-refractivity contribution in [2.24, 2.45) is 0 Å². The summed E-state index contributed by atoms with van der Waals surface area (Å²) in [6.07, 6.45) is 1.78. The van der Waals surface area contributed by atoms with Crippen molar-refractivity contribution < 1.29 is 17.9 Å². The van der Waals surface area contributed by atoms with Gasteiger partial charge in [0.2, 0.25) is 10.0 Å². The topological polar surface area (TPSA) is 76.7 Å². The van der Waals surface area contributed by atoms with Gasteiger partial charge in [-0.05, 0) is 31.5 Å². The number of ether oxygens (including phenoxy) is 2. The fourth-order valence-electron chi connectivity index (χ4n) is 2.31. The van der Waals surface area contributed by atoms with E-state index < -0.39 is 10.0 Å². The highest BCUT2D eigenvalue weighted by molar-refractivity contribution is 7.89. The van der Waals surface area contributed by atoms with Gasteiger partial charge in [0.25, 0.3) is 0 Å². The van der Waals surface area contributed by atoms with Crippen molar-refractivity contribution >= 4 is 10.0 Å². The van der Waals surface area contributed by atoms with E-state index in [2.05, 4.69) is 10.0 Å². The van der Waals surface area contributed by atoms with Crippen molar-refractivity contribution in [2.45, 2.75) is 23.8 Å². The normalized spacial score (nSPS) is 19.6. The Morgan fingerprint density at radius 2 is 1.90 bits per heavy atom. The molecule has 0 amide bonds. The Labute approximate surface area is 119 Å². The molecule has 7 heteroatoms. The molecule has 2 N–H and O–H groups in total. The van der Waals surface area contributed by atoms with Gasteiger partial charge < -0.3 is 14.8 Å². The molecule has 0 radical (unpaired) electrons. The summed E-state index contributed by atoms with van der Waals surface area (Å²) in [6, 6.07) is 4.80. The Morgan fingerprint density at radius 3 is 2.40 bits per heavy atom. The number of rotatable bonds is 5. The number of hydrogen-bond donors (Lipinski definition) is 2. The van der Waals surface area contributed by atoms with Gasteiger partial charge >= 0.3 is 0 Å². The van der Waals surface area contributed by atoms with E-state index in [1.54, 1.807) is 18.2 Å². The molecule has 112 valence electrons. The van der Waals surface area contributed by atoms with E-state index in [4.69, 9.17) is 9.47 Å². The second kappa shape index (κ2) is 6.43. The van der Waals surface area contributed by atoms with E-state index in [1.165, 1.54) is 14.2 Å². The van der Waals surface area contributed by atoms with Crippen molar-refractivity contribution in [2.75, 3.05) is 27.3 Å². The average molecular weight is 300 g/mol. The molecule has 0 bridgehead atoms. The zero-order valence-corrected chi connectivity index (χ0v) is 12.5. The molecule has 1 aromatic rings. The Bertz CT molecular complexity index is 531. The molecule has 1 aromatic carbocycles. The minimum absolute atomic E-state index is 0.0515. The maximum Gasteiger partial charge on any atom is 0.248 e. The number of piperidine rings is 1. The van der Waals surface area contributed by atoms with Crippen molar-refractivity contribution in [1.82, 2.24) is 10.0 Å². The molecule has 1 atom stereocenters. The summed E-state index contributed by atoms with van der Waals surface area (Å²) in [7, 11) is -0.805. The van der Waals surface area contributed by atoms with Crippen molar-refractivity contribution in [3.8, 4) is 11.5 Å². The predicted octanol–water partition coefficient (Wildman–Crippen LogP) is 0.734. The third-order valence-corrected chi connectivity index (χ3v) is 4.85. The molecule has 1 heterocycles. The summed E-state index contributed by atoms with van der Waals surface area (Å²) in [4.78, 5) is 0.0515. The lowest BCUT2D eigenvalue weighted by Crippen LogP contribution is -2.45. The Balaban J connectivity index is 2.32. The summed E-state index contributed by atoms with van der Waals surface area (Å²) in [5.41, 5.74) is 0. The standard InChI is InChI=1S/C13H20N2O4S/c1-18-11-6-3-7-12(19-2)13(11)20(16,17)15-10-5-4-8-14-9-10/h3,6-7,10,14-15H,4-5,8-9H2,1-2H3. The molecule has 0 spiro atoms. The molecule has 1 aliphatic heterocycles. The van der Waals surface area contributed by atoms with E-state index in [1.807, 2.05) is 0 Å². The lowest BCUT2D eigenvalue weighted by Gasteiger charge is -2.24. The van der Waals surface area contributed by atoms with Crippen LogP contribution in [0.5, 0.6) is 11.5 Å². The van der Waals surface area contributed by atoms with Crippen LogP contribution in [0.4, 0.5) is 0 Å². The quantitative estimate of drug-likeness (QED) is 0.838. The average Bonchev–Trinajstić information content (AvgIpc) is 2.46. The van der Waals surface area contributed by atoms with Crippen LogP contribution < -0.4 is 19.5 Å². The SMILES string of the molecule is COc1cccc(OC)c1S(=O)(=O)NC1CCCNC1. The highest BCUT2D eigenvalue weighted by atomic mass is 32.2. The first-order chi connectivity index (χ1) is 9.58. The van der Waals surface area contributed by atoms with Crippen LogP contribution in [0.1, 0.15) is 12.8 Å². The van der Waals surface area contributed by atoms with Crippen LogP contribution in [0.25, 0.3) is 0 Å². The third-order valence-electron chi connectivity index (χ3n) is 3.27. The molecule has 0 aromatic heterocycles. The largest absolute Gasteiger partial charge is 0.495 e. The van der Waals surface area contributed by atoms with Crippen molar-refractivity contribution in [1.29, 1.82) is 0 Å². The van der Waals surface area contributed by atoms with Gasteiger partial charge in [-0.25, -0.2) is 13.1 Å². The van der Waals surface area contributed by atoms with E-state index in [0.717, 1.165) is 19.4 Å². The fourth-order valence-corrected chi connectivity index (χ4v) is 3.90. The van der Waals surface area contributed by atoms with Gasteiger partial charge in [0.15, 0.2) is 4.90 Å². The monoisotopic (exact) mass is 300 g/mol. The predicted molar refractivity (Wildman–Crippen MR) is 75.8 cm³/mol. The second-order valence-corrected chi connectivity index (χ2v) is 6.31. The van der Waals surface area contributed by atoms with Crippen LogP contribution in [-0.4, -0.2) is 41.8 Å². The maximum atomic E-state index is 12.6. The van der Waals surface area contributed by atoms with E-state index in [-0.39, 0.29) is 22.4 Å². The first kappa shape index (κ1) is 15.1. The van der Waals surface area contributed by atoms with Crippen molar-refractivity contribution in [3.63, 3.8) is 0 Å². The van der Waals surface area contributed by atoms with Gasteiger partial charge in [-0.1, -0.05) is 6.07 Å². The van der Waals surface area contributed by atoms with Crippen LogP contribution in [0.3, 0.4) is 0 Å². The highest BCUT2D eigenvalue weighted by Crippen LogP contribution is 2.32. The summed E-state index contributed by atoms with van der Waals surface area (Å²) >= 11 is 0. The van der Waals surface area contributed by atoms with Gasteiger partial charge in [0.1, 0.15) is 11.5 Å². The second-order valence-electron chi connectivity index (χ2n) is 4.66. The molecular weight excluding hydrogens is 280 g/mol. The van der Waals surface area contributed by atoms with Crippen LogP contribution in [-0.2, 0) is 10.0 Å². The van der Waals surface area contributed by atoms with Gasteiger partial charge in [0.05, 0.1) is 14.2 Å². The van der Waals surface area contributed by atoms with Gasteiger partial charge in [-0.3, -0.25) is 0 Å². The number of methoxy groups -OCH3 is 2. The Kier molecular flexibility index (Phi) is 4.85. The molecule has 1 fully saturated rings. The van der Waals surface area contributed by atoms with Crippen molar-refractivity contribution in [3.05, 3.63) is 18.2 Å². The first-order valence-electron chi connectivity index (χ1n) is 6.52. The van der Waals surface area contributed by atoms with Crippen LogP contribution in [0, 0.1) is 0 Å². The van der Waals surface area contributed by atoms with Gasteiger partial charge in [-0.2, -0.15) is 0 Å². The van der Waals surface area contributed by atoms with E-state index >= 15 is 0 Å². The van der Waals surface area contributed by atoms with Crippen LogP contribution >= 0.6 is 0 Å². The number of sulfonamides is 1. The smallest absolute Gasteiger partial charge is 0.248 e. The summed E-state index contributed by atoms with van der Waals surface area (Å²) in [5, 5.41) is 3.18. The van der Waals surface area contributed by atoms with Crippen LogP contribution in [0.2, 0.25) is 0 Å². The van der Waals surface area contributed by atoms with Gasteiger partial charge in [0, 0.05) is 12.6 Å². The molecule has 1 unspecified atom stereocenters. The summed E-state index contributed by atoms with van der Waals surface area (Å²) in [5.74, 6) is 0.557. The van der Waals surface area contributed by atoms with E-state index in [0.29, 0.717) is 6.54 Å². The zero-order chi connectivity index (χ0) is 14.6. The molecule has 0 aliphatic carbocycles. The number of hydrogen-bond acceptors (Lipinski definition) is 5. The molecule has 1 aliphatic rings. The summed E-state index contributed by atoms with van der Waals surface area (Å²) < 4.78 is 38.1. The molecule has 1 saturated heterocycles. The van der Waals surface area contributed by atoms with Gasteiger partial charge in [-0.15, -0.1) is 0 Å². The molecular formula is C13H20N2O4S. The lowest BCUT2D eigenvalue weighted by molar-refractivity contribution is 0.371. The Morgan fingerprint density at radius 1 is 1.25 bits per heavy atom. The minimum atomic E-state index is -3.69. The molecule has 6 nitrogen and oxygen atoms in total. The first-order valence-corrected chi connectivity index (χ1v) is 8.01. The Hall–Kier alpha value is -1.31. The number of nitrogens with one attached hydrogen (secondary N) is 2. The molecule has 20 heavy (non-hydrogen) atoms.